The van der Waals surface area contributed by atoms with E-state index in [0.29, 0.717) is 26.8 Å². The molecule has 1 N–H and O–H groups in total. The first-order valence-corrected chi connectivity index (χ1v) is 6.22. The van der Waals surface area contributed by atoms with Crippen molar-refractivity contribution in [3.8, 4) is 5.75 Å². The van der Waals surface area contributed by atoms with Gasteiger partial charge in [0.15, 0.2) is 6.61 Å². The third-order valence-corrected chi connectivity index (χ3v) is 2.54. The summed E-state index contributed by atoms with van der Waals surface area (Å²) in [6.45, 7) is 3.84. The van der Waals surface area contributed by atoms with Gasteiger partial charge in [-0.1, -0.05) is 45.7 Å². The Kier molecular flexibility index (Phi) is 5.82. The Morgan fingerprint density at radius 3 is 2.76 bits per heavy atom. The average molecular weight is 339 g/mol. The molecule has 0 aliphatic carbocycles. The number of amides is 1. The molecule has 0 heterocycles. The van der Waals surface area contributed by atoms with Crippen LogP contribution in [-0.2, 0) is 4.79 Å². The smallest absolute Gasteiger partial charge is 0.258 e. The van der Waals surface area contributed by atoms with E-state index in [0.717, 1.165) is 0 Å². The quantitative estimate of drug-likeness (QED) is 0.893. The molecule has 1 rings (SSSR count). The SMILES string of the molecule is C=C(Br)CNC(=O)COc1ccc(Cl)cc1Cl. The molecule has 0 saturated carbocycles. The zero-order valence-corrected chi connectivity index (χ0v) is 11.9. The van der Waals surface area contributed by atoms with Crippen LogP contribution in [0.2, 0.25) is 10.0 Å². The highest BCUT2D eigenvalue weighted by Crippen LogP contribution is 2.27. The normalized spacial score (nSPS) is 9.82. The van der Waals surface area contributed by atoms with E-state index in [1.807, 2.05) is 0 Å². The largest absolute Gasteiger partial charge is 0.482 e. The van der Waals surface area contributed by atoms with Gasteiger partial charge in [-0.3, -0.25) is 4.79 Å². The zero-order valence-electron chi connectivity index (χ0n) is 8.80. The Labute approximate surface area is 118 Å². The number of halogens is 3. The molecule has 0 unspecified atom stereocenters. The predicted octanol–water partition coefficient (Wildman–Crippen LogP) is 3.40. The van der Waals surface area contributed by atoms with Gasteiger partial charge < -0.3 is 10.1 Å². The second-order valence-electron chi connectivity index (χ2n) is 3.16. The first-order chi connectivity index (χ1) is 7.99. The number of rotatable bonds is 5. The second kappa shape index (κ2) is 6.89. The number of ether oxygens (including phenoxy) is 1. The van der Waals surface area contributed by atoms with Gasteiger partial charge in [0, 0.05) is 16.0 Å². The molecule has 17 heavy (non-hydrogen) atoms. The van der Waals surface area contributed by atoms with Crippen LogP contribution in [0.3, 0.4) is 0 Å². The molecule has 0 fully saturated rings. The van der Waals surface area contributed by atoms with Gasteiger partial charge in [-0.2, -0.15) is 0 Å². The molecule has 0 aliphatic rings. The standard InChI is InChI=1S/C11H10BrCl2NO2/c1-7(12)5-15-11(16)6-17-10-3-2-8(13)4-9(10)14/h2-4H,1,5-6H2,(H,15,16). The van der Waals surface area contributed by atoms with Crippen LogP contribution in [0.4, 0.5) is 0 Å². The van der Waals surface area contributed by atoms with Gasteiger partial charge in [0.05, 0.1) is 5.02 Å². The molecule has 6 heteroatoms. The summed E-state index contributed by atoms with van der Waals surface area (Å²) < 4.78 is 5.93. The fourth-order valence-corrected chi connectivity index (χ4v) is 1.58. The number of hydrogen-bond donors (Lipinski definition) is 1. The van der Waals surface area contributed by atoms with Crippen molar-refractivity contribution >= 4 is 45.0 Å². The number of hydrogen-bond acceptors (Lipinski definition) is 2. The van der Waals surface area contributed by atoms with Crippen LogP contribution in [0.25, 0.3) is 0 Å². The first-order valence-electron chi connectivity index (χ1n) is 4.67. The van der Waals surface area contributed by atoms with Crippen LogP contribution < -0.4 is 10.1 Å². The van der Waals surface area contributed by atoms with Crippen molar-refractivity contribution in [2.45, 2.75) is 0 Å². The average Bonchev–Trinajstić information content (AvgIpc) is 2.25. The zero-order chi connectivity index (χ0) is 12.8. The summed E-state index contributed by atoms with van der Waals surface area (Å²) in [5, 5.41) is 3.49. The maximum atomic E-state index is 11.3. The topological polar surface area (TPSA) is 38.3 Å². The lowest BCUT2D eigenvalue weighted by molar-refractivity contribution is -0.122. The van der Waals surface area contributed by atoms with E-state index in [4.69, 9.17) is 27.9 Å². The third kappa shape index (κ3) is 5.44. The molecule has 0 spiro atoms. The molecule has 0 saturated heterocycles. The summed E-state index contributed by atoms with van der Waals surface area (Å²) in [7, 11) is 0. The summed E-state index contributed by atoms with van der Waals surface area (Å²) in [6, 6.07) is 4.80. The highest BCUT2D eigenvalue weighted by molar-refractivity contribution is 9.11. The van der Waals surface area contributed by atoms with Crippen LogP contribution in [0.15, 0.2) is 29.3 Å². The summed E-state index contributed by atoms with van der Waals surface area (Å²) in [4.78, 5) is 11.3. The van der Waals surface area contributed by atoms with E-state index in [-0.39, 0.29) is 12.5 Å². The highest BCUT2D eigenvalue weighted by Gasteiger charge is 2.06. The Bertz CT molecular complexity index is 437. The fourth-order valence-electron chi connectivity index (χ4n) is 0.981. The molecule has 0 atom stereocenters. The minimum atomic E-state index is -0.253. The van der Waals surface area contributed by atoms with E-state index in [1.54, 1.807) is 18.2 Å². The van der Waals surface area contributed by atoms with E-state index in [2.05, 4.69) is 27.8 Å². The molecular formula is C11H10BrCl2NO2. The summed E-state index contributed by atoms with van der Waals surface area (Å²) in [6.07, 6.45) is 0. The van der Waals surface area contributed by atoms with Crippen molar-refractivity contribution in [1.29, 1.82) is 0 Å². The van der Waals surface area contributed by atoms with Crippen molar-refractivity contribution in [2.24, 2.45) is 0 Å². The van der Waals surface area contributed by atoms with Crippen LogP contribution in [0.5, 0.6) is 5.75 Å². The lowest BCUT2D eigenvalue weighted by Crippen LogP contribution is -2.29. The van der Waals surface area contributed by atoms with E-state index >= 15 is 0 Å². The number of carbonyl (C=O) groups excluding carboxylic acids is 1. The van der Waals surface area contributed by atoms with Gasteiger partial charge in [0.2, 0.25) is 0 Å². The van der Waals surface area contributed by atoms with Crippen LogP contribution >= 0.6 is 39.1 Å². The molecule has 3 nitrogen and oxygen atoms in total. The molecule has 0 aromatic heterocycles. The molecular weight excluding hydrogens is 329 g/mol. The monoisotopic (exact) mass is 337 g/mol. The van der Waals surface area contributed by atoms with Crippen molar-refractivity contribution in [3.63, 3.8) is 0 Å². The molecule has 92 valence electrons. The van der Waals surface area contributed by atoms with Crippen molar-refractivity contribution in [3.05, 3.63) is 39.3 Å². The highest BCUT2D eigenvalue weighted by atomic mass is 79.9. The van der Waals surface area contributed by atoms with Crippen LogP contribution in [0.1, 0.15) is 0 Å². The molecule has 0 radical (unpaired) electrons. The Morgan fingerprint density at radius 2 is 2.18 bits per heavy atom. The van der Waals surface area contributed by atoms with E-state index in [9.17, 15) is 4.79 Å². The fraction of sp³-hybridized carbons (Fsp3) is 0.182. The second-order valence-corrected chi connectivity index (χ2v) is 5.12. The lowest BCUT2D eigenvalue weighted by atomic mass is 10.3. The van der Waals surface area contributed by atoms with Gasteiger partial charge in [0.25, 0.3) is 5.91 Å². The maximum Gasteiger partial charge on any atom is 0.258 e. The minimum absolute atomic E-state index is 0.109. The van der Waals surface area contributed by atoms with Crippen molar-refractivity contribution < 1.29 is 9.53 Å². The molecule has 0 aliphatic heterocycles. The predicted molar refractivity (Wildman–Crippen MR) is 73.0 cm³/mol. The van der Waals surface area contributed by atoms with Gasteiger partial charge >= 0.3 is 0 Å². The first kappa shape index (κ1) is 14.4. The van der Waals surface area contributed by atoms with Crippen molar-refractivity contribution in [1.82, 2.24) is 5.32 Å². The number of carbonyl (C=O) groups is 1. The summed E-state index contributed by atoms with van der Waals surface area (Å²) in [5.74, 6) is 0.167. The van der Waals surface area contributed by atoms with Gasteiger partial charge in [0.1, 0.15) is 5.75 Å². The van der Waals surface area contributed by atoms with E-state index < -0.39 is 0 Å². The Balaban J connectivity index is 2.44. The van der Waals surface area contributed by atoms with E-state index in [1.165, 1.54) is 0 Å². The summed E-state index contributed by atoms with van der Waals surface area (Å²) in [5.41, 5.74) is 0. The number of benzene rings is 1. The van der Waals surface area contributed by atoms with Gasteiger partial charge in [-0.15, -0.1) is 0 Å². The Hall–Kier alpha value is -0.710. The van der Waals surface area contributed by atoms with Gasteiger partial charge in [-0.05, 0) is 18.2 Å². The molecule has 1 aromatic carbocycles. The molecule has 1 aromatic rings. The number of nitrogens with one attached hydrogen (secondary N) is 1. The van der Waals surface area contributed by atoms with Crippen LogP contribution in [-0.4, -0.2) is 19.1 Å². The molecule has 0 bridgehead atoms. The van der Waals surface area contributed by atoms with Crippen molar-refractivity contribution in [2.75, 3.05) is 13.2 Å². The third-order valence-electron chi connectivity index (χ3n) is 1.73. The lowest BCUT2D eigenvalue weighted by Gasteiger charge is -2.08. The Morgan fingerprint density at radius 1 is 1.47 bits per heavy atom. The maximum absolute atomic E-state index is 11.3. The van der Waals surface area contributed by atoms with Gasteiger partial charge in [-0.25, -0.2) is 0 Å². The van der Waals surface area contributed by atoms with Crippen LogP contribution in [0, 0.1) is 0 Å². The summed E-state index contributed by atoms with van der Waals surface area (Å²) >= 11 is 14.7. The minimum Gasteiger partial charge on any atom is -0.482 e. The molecule has 1 amide bonds.